The molecule has 0 spiro atoms. The van der Waals surface area contributed by atoms with Gasteiger partial charge in [-0.05, 0) is 43.0 Å². The Bertz CT molecular complexity index is 886. The van der Waals surface area contributed by atoms with E-state index in [1.807, 2.05) is 55.5 Å². The summed E-state index contributed by atoms with van der Waals surface area (Å²) < 4.78 is 1.67. The standard InChI is InChI=1S/C19H20N2O3/c1-13-8-9-15-16(12-13)21(2)17(20-15)19(24,18(22)23)11-10-14-6-4-3-5-7-14/h3-9,12,24H,10-11H2,1-2H3,(H,22,23). The second-order valence-corrected chi connectivity index (χ2v) is 6.14. The molecule has 24 heavy (non-hydrogen) atoms. The summed E-state index contributed by atoms with van der Waals surface area (Å²) in [5.41, 5.74) is 1.49. The smallest absolute Gasteiger partial charge is 0.343 e. The Hall–Kier alpha value is -2.66. The number of carbonyl (C=O) groups is 1. The molecule has 3 aromatic rings. The van der Waals surface area contributed by atoms with Crippen LogP contribution < -0.4 is 0 Å². The molecule has 0 saturated carbocycles. The maximum atomic E-state index is 11.8. The molecule has 0 aliphatic carbocycles. The first kappa shape index (κ1) is 16.2. The largest absolute Gasteiger partial charge is 0.479 e. The summed E-state index contributed by atoms with van der Waals surface area (Å²) >= 11 is 0. The fourth-order valence-corrected chi connectivity index (χ4v) is 2.95. The molecule has 2 N–H and O–H groups in total. The summed E-state index contributed by atoms with van der Waals surface area (Å²) in [5, 5.41) is 20.6. The molecule has 0 saturated heterocycles. The molecule has 3 rings (SSSR count). The molecule has 5 nitrogen and oxygen atoms in total. The van der Waals surface area contributed by atoms with Gasteiger partial charge in [0.2, 0.25) is 5.60 Å². The molecular formula is C19H20N2O3. The van der Waals surface area contributed by atoms with Crippen LogP contribution in [0.2, 0.25) is 0 Å². The number of benzene rings is 2. The number of aliphatic hydroxyl groups is 1. The Labute approximate surface area is 140 Å². The van der Waals surface area contributed by atoms with Crippen LogP contribution in [-0.4, -0.2) is 25.7 Å². The quantitative estimate of drug-likeness (QED) is 0.757. The maximum absolute atomic E-state index is 11.8. The number of fused-ring (bicyclic) bond motifs is 1. The van der Waals surface area contributed by atoms with Gasteiger partial charge < -0.3 is 14.8 Å². The van der Waals surface area contributed by atoms with Gasteiger partial charge in [0.05, 0.1) is 11.0 Å². The Kier molecular flexibility index (Phi) is 4.11. The third kappa shape index (κ3) is 2.78. The fourth-order valence-electron chi connectivity index (χ4n) is 2.95. The number of carboxylic acid groups (broad SMARTS) is 1. The minimum Gasteiger partial charge on any atom is -0.479 e. The third-order valence-electron chi connectivity index (χ3n) is 4.38. The lowest BCUT2D eigenvalue weighted by atomic mass is 9.94. The van der Waals surface area contributed by atoms with Crippen molar-refractivity contribution in [2.24, 2.45) is 7.05 Å². The van der Waals surface area contributed by atoms with E-state index in [1.54, 1.807) is 11.6 Å². The van der Waals surface area contributed by atoms with Gasteiger partial charge in [-0.1, -0.05) is 36.4 Å². The van der Waals surface area contributed by atoms with E-state index in [-0.39, 0.29) is 12.2 Å². The third-order valence-corrected chi connectivity index (χ3v) is 4.38. The van der Waals surface area contributed by atoms with E-state index < -0.39 is 11.6 Å². The van der Waals surface area contributed by atoms with Gasteiger partial charge in [0.15, 0.2) is 5.82 Å². The van der Waals surface area contributed by atoms with Crippen molar-refractivity contribution in [1.82, 2.24) is 9.55 Å². The Morgan fingerprint density at radius 1 is 1.21 bits per heavy atom. The number of aromatic nitrogens is 2. The molecule has 0 aliphatic heterocycles. The SMILES string of the molecule is Cc1ccc2nc(C(O)(CCc3ccccc3)C(=O)O)n(C)c2c1. The monoisotopic (exact) mass is 324 g/mol. The number of hydrogen-bond acceptors (Lipinski definition) is 3. The van der Waals surface area contributed by atoms with Crippen molar-refractivity contribution in [2.75, 3.05) is 0 Å². The van der Waals surface area contributed by atoms with E-state index in [0.29, 0.717) is 11.9 Å². The van der Waals surface area contributed by atoms with Crippen LogP contribution in [0.3, 0.4) is 0 Å². The van der Waals surface area contributed by atoms with Crippen molar-refractivity contribution < 1.29 is 15.0 Å². The first-order valence-electron chi connectivity index (χ1n) is 7.85. The van der Waals surface area contributed by atoms with Crippen molar-refractivity contribution >= 4 is 17.0 Å². The van der Waals surface area contributed by atoms with Crippen LogP contribution in [0.15, 0.2) is 48.5 Å². The molecule has 0 bridgehead atoms. The van der Waals surface area contributed by atoms with Gasteiger partial charge in [0, 0.05) is 7.05 Å². The molecule has 0 fully saturated rings. The summed E-state index contributed by atoms with van der Waals surface area (Å²) in [6.45, 7) is 1.96. The average Bonchev–Trinajstić information content (AvgIpc) is 2.90. The summed E-state index contributed by atoms with van der Waals surface area (Å²) in [5.74, 6) is -1.12. The molecule has 0 radical (unpaired) electrons. The lowest BCUT2D eigenvalue weighted by molar-refractivity contribution is -0.161. The number of rotatable bonds is 5. The number of nitrogens with zero attached hydrogens (tertiary/aromatic N) is 2. The lowest BCUT2D eigenvalue weighted by Crippen LogP contribution is -2.38. The van der Waals surface area contributed by atoms with Gasteiger partial charge in [0.1, 0.15) is 0 Å². The zero-order valence-electron chi connectivity index (χ0n) is 13.7. The van der Waals surface area contributed by atoms with Gasteiger partial charge in [-0.3, -0.25) is 0 Å². The first-order chi connectivity index (χ1) is 11.4. The molecule has 1 atom stereocenters. The van der Waals surface area contributed by atoms with Crippen LogP contribution in [0.1, 0.15) is 23.4 Å². The normalized spacial score (nSPS) is 13.8. The van der Waals surface area contributed by atoms with Crippen molar-refractivity contribution in [3.8, 4) is 0 Å². The number of carboxylic acids is 1. The van der Waals surface area contributed by atoms with Crippen LogP contribution in [0.25, 0.3) is 11.0 Å². The van der Waals surface area contributed by atoms with Gasteiger partial charge in [-0.25, -0.2) is 9.78 Å². The minimum atomic E-state index is -2.03. The number of aryl methyl sites for hydroxylation is 3. The Balaban J connectivity index is 2.01. The van der Waals surface area contributed by atoms with E-state index in [4.69, 9.17) is 0 Å². The zero-order valence-corrected chi connectivity index (χ0v) is 13.7. The van der Waals surface area contributed by atoms with E-state index in [9.17, 15) is 15.0 Å². The average molecular weight is 324 g/mol. The molecule has 5 heteroatoms. The minimum absolute atomic E-state index is 0.0580. The molecular weight excluding hydrogens is 304 g/mol. The number of imidazole rings is 1. The maximum Gasteiger partial charge on any atom is 0.343 e. The molecule has 124 valence electrons. The van der Waals surface area contributed by atoms with E-state index in [1.165, 1.54) is 0 Å². The van der Waals surface area contributed by atoms with Gasteiger partial charge in [-0.15, -0.1) is 0 Å². The van der Waals surface area contributed by atoms with E-state index in [2.05, 4.69) is 4.98 Å². The topological polar surface area (TPSA) is 75.3 Å². The molecule has 0 aliphatic rings. The molecule has 1 unspecified atom stereocenters. The van der Waals surface area contributed by atoms with E-state index >= 15 is 0 Å². The van der Waals surface area contributed by atoms with Crippen LogP contribution in [0.4, 0.5) is 0 Å². The second kappa shape index (κ2) is 6.09. The van der Waals surface area contributed by atoms with E-state index in [0.717, 1.165) is 16.6 Å². The fraction of sp³-hybridized carbons (Fsp3) is 0.263. The van der Waals surface area contributed by atoms with Crippen molar-refractivity contribution in [3.05, 3.63) is 65.5 Å². The van der Waals surface area contributed by atoms with Crippen LogP contribution >= 0.6 is 0 Å². The molecule has 1 heterocycles. The van der Waals surface area contributed by atoms with Gasteiger partial charge >= 0.3 is 5.97 Å². The number of hydrogen-bond donors (Lipinski definition) is 2. The molecule has 0 amide bonds. The van der Waals surface area contributed by atoms with Gasteiger partial charge in [0.25, 0.3) is 0 Å². The highest BCUT2D eigenvalue weighted by Gasteiger charge is 2.42. The second-order valence-electron chi connectivity index (χ2n) is 6.14. The molecule has 2 aromatic carbocycles. The summed E-state index contributed by atoms with van der Waals surface area (Å²) in [4.78, 5) is 16.2. The van der Waals surface area contributed by atoms with Gasteiger partial charge in [-0.2, -0.15) is 0 Å². The van der Waals surface area contributed by atoms with Crippen molar-refractivity contribution in [2.45, 2.75) is 25.4 Å². The summed E-state index contributed by atoms with van der Waals surface area (Å²) in [7, 11) is 1.74. The van der Waals surface area contributed by atoms with Crippen molar-refractivity contribution in [1.29, 1.82) is 0 Å². The highest BCUT2D eigenvalue weighted by atomic mass is 16.4. The predicted octanol–water partition coefficient (Wildman–Crippen LogP) is 2.79. The zero-order chi connectivity index (χ0) is 17.3. The highest BCUT2D eigenvalue weighted by molar-refractivity contribution is 5.82. The summed E-state index contributed by atoms with van der Waals surface area (Å²) in [6, 6.07) is 15.2. The number of aliphatic carboxylic acids is 1. The summed E-state index contributed by atoms with van der Waals surface area (Å²) in [6.07, 6.45) is 0.508. The first-order valence-corrected chi connectivity index (χ1v) is 7.85. The Morgan fingerprint density at radius 3 is 2.58 bits per heavy atom. The van der Waals surface area contributed by atoms with Crippen molar-refractivity contribution in [3.63, 3.8) is 0 Å². The predicted molar refractivity (Wildman–Crippen MR) is 91.7 cm³/mol. The highest BCUT2D eigenvalue weighted by Crippen LogP contribution is 2.29. The van der Waals surface area contributed by atoms with Crippen LogP contribution in [-0.2, 0) is 23.9 Å². The van der Waals surface area contributed by atoms with Crippen LogP contribution in [0, 0.1) is 6.92 Å². The van der Waals surface area contributed by atoms with Crippen LogP contribution in [0.5, 0.6) is 0 Å². The lowest BCUT2D eigenvalue weighted by Gasteiger charge is -2.23. The Morgan fingerprint density at radius 2 is 1.92 bits per heavy atom. The molecule has 1 aromatic heterocycles.